The van der Waals surface area contributed by atoms with Crippen LogP contribution in [0.3, 0.4) is 0 Å². The van der Waals surface area contributed by atoms with Crippen molar-refractivity contribution in [3.8, 4) is 0 Å². The van der Waals surface area contributed by atoms with Gasteiger partial charge in [-0.3, -0.25) is 4.79 Å². The molecule has 2 aromatic rings. The molecule has 4 rings (SSSR count). The van der Waals surface area contributed by atoms with Gasteiger partial charge in [0.25, 0.3) is 0 Å². The maximum atomic E-state index is 14.8. The van der Waals surface area contributed by atoms with E-state index < -0.39 is 23.0 Å². The molecule has 2 heterocycles. The first-order chi connectivity index (χ1) is 14.0. The van der Waals surface area contributed by atoms with Gasteiger partial charge in [0.05, 0.1) is 17.5 Å². The number of nitrogens with zero attached hydrogens (tertiary/aromatic N) is 1. The molecule has 29 heavy (non-hydrogen) atoms. The fourth-order valence-corrected chi connectivity index (χ4v) is 3.95. The van der Waals surface area contributed by atoms with Gasteiger partial charge in [-0.2, -0.15) is 0 Å². The second-order valence-electron chi connectivity index (χ2n) is 7.64. The van der Waals surface area contributed by atoms with Crippen molar-refractivity contribution in [2.24, 2.45) is 0 Å². The van der Waals surface area contributed by atoms with Crippen LogP contribution < -0.4 is 10.7 Å². The molecule has 0 radical (unpaired) electrons. The van der Waals surface area contributed by atoms with Gasteiger partial charge in [0, 0.05) is 23.8 Å². The van der Waals surface area contributed by atoms with Crippen molar-refractivity contribution >= 4 is 22.9 Å². The Bertz CT molecular complexity index is 1030. The number of aromatic nitrogens is 1. The molecule has 154 valence electrons. The van der Waals surface area contributed by atoms with E-state index in [2.05, 4.69) is 5.32 Å². The molecule has 2 aliphatic rings. The fourth-order valence-electron chi connectivity index (χ4n) is 3.95. The van der Waals surface area contributed by atoms with E-state index in [1.807, 2.05) is 6.08 Å². The molecule has 1 aliphatic carbocycles. The summed E-state index contributed by atoms with van der Waals surface area (Å²) in [5, 5.41) is 3.36. The molecule has 1 atom stereocenters. The third kappa shape index (κ3) is 3.83. The zero-order chi connectivity index (χ0) is 20.5. The number of hydrogen-bond acceptors (Lipinski definition) is 4. The zero-order valence-corrected chi connectivity index (χ0v) is 16.3. The average molecular weight is 402 g/mol. The van der Waals surface area contributed by atoms with Crippen LogP contribution in [0.2, 0.25) is 0 Å². The molecule has 0 bridgehead atoms. The van der Waals surface area contributed by atoms with E-state index in [0.717, 1.165) is 38.3 Å². The lowest BCUT2D eigenvalue weighted by Crippen LogP contribution is -2.22. The molecular weight excluding hydrogens is 378 g/mol. The fraction of sp³-hybridized carbons (Fsp3) is 0.455. The maximum absolute atomic E-state index is 14.8. The molecule has 7 heteroatoms. The largest absolute Gasteiger partial charge is 0.462 e. The first-order valence-corrected chi connectivity index (χ1v) is 10.1. The highest BCUT2D eigenvalue weighted by molar-refractivity contribution is 5.96. The van der Waals surface area contributed by atoms with E-state index >= 15 is 0 Å². The van der Waals surface area contributed by atoms with E-state index in [1.54, 1.807) is 17.6 Å². The molecule has 0 spiro atoms. The number of benzene rings is 1. The lowest BCUT2D eigenvalue weighted by atomic mass is 10.0. The number of pyridine rings is 1. The molecule has 1 N–H and O–H groups in total. The number of ether oxygens (including phenoxy) is 1. The van der Waals surface area contributed by atoms with Crippen LogP contribution >= 0.6 is 0 Å². The quantitative estimate of drug-likeness (QED) is 0.744. The topological polar surface area (TPSA) is 60.3 Å². The third-order valence-electron chi connectivity index (χ3n) is 5.55. The van der Waals surface area contributed by atoms with E-state index in [9.17, 15) is 18.4 Å². The van der Waals surface area contributed by atoms with E-state index in [-0.39, 0.29) is 29.2 Å². The average Bonchev–Trinajstić information content (AvgIpc) is 3.41. The minimum absolute atomic E-state index is 0.00000514. The highest BCUT2D eigenvalue weighted by Crippen LogP contribution is 2.38. The zero-order valence-electron chi connectivity index (χ0n) is 16.3. The maximum Gasteiger partial charge on any atom is 0.343 e. The Kier molecular flexibility index (Phi) is 5.50. The van der Waals surface area contributed by atoms with Gasteiger partial charge >= 0.3 is 5.97 Å². The van der Waals surface area contributed by atoms with Crippen molar-refractivity contribution in [1.82, 2.24) is 9.88 Å². The van der Waals surface area contributed by atoms with Crippen LogP contribution in [0.5, 0.6) is 0 Å². The van der Waals surface area contributed by atoms with Crippen molar-refractivity contribution in [2.45, 2.75) is 51.1 Å². The van der Waals surface area contributed by atoms with Crippen LogP contribution in [0.15, 0.2) is 23.1 Å². The normalized spacial score (nSPS) is 19.3. The summed E-state index contributed by atoms with van der Waals surface area (Å²) in [6, 6.07) is 1.28. The van der Waals surface area contributed by atoms with Gasteiger partial charge in [0.15, 0.2) is 11.6 Å². The number of carbonyl (C=O) groups is 1. The van der Waals surface area contributed by atoms with Crippen LogP contribution in [0.4, 0.5) is 8.78 Å². The number of esters is 1. The SMILES string of the molecule is CCOC(=O)c1cn(C2CC2)c2c(/C=C\CC3CCCN3)c(F)c(F)cc2c1=O. The summed E-state index contributed by atoms with van der Waals surface area (Å²) in [5.74, 6) is -2.83. The van der Waals surface area contributed by atoms with Crippen LogP contribution in [0.1, 0.15) is 61.0 Å². The Morgan fingerprint density at radius 3 is 2.79 bits per heavy atom. The summed E-state index contributed by atoms with van der Waals surface area (Å²) in [5.41, 5.74) is -0.402. The molecule has 5 nitrogen and oxygen atoms in total. The smallest absolute Gasteiger partial charge is 0.343 e. The molecular formula is C22H24F2N2O3. The summed E-state index contributed by atoms with van der Waals surface area (Å²) in [6.45, 7) is 2.74. The van der Waals surface area contributed by atoms with E-state index in [1.165, 1.54) is 6.20 Å². The van der Waals surface area contributed by atoms with Crippen LogP contribution in [0, 0.1) is 11.6 Å². The van der Waals surface area contributed by atoms with Crippen LogP contribution in [-0.4, -0.2) is 29.7 Å². The van der Waals surface area contributed by atoms with Gasteiger partial charge in [-0.1, -0.05) is 12.2 Å². The molecule has 0 amide bonds. The molecule has 1 saturated carbocycles. The summed E-state index contributed by atoms with van der Waals surface area (Å²) in [4.78, 5) is 25.1. The Labute approximate surface area is 167 Å². The summed E-state index contributed by atoms with van der Waals surface area (Å²) < 4.78 is 35.8. The molecule has 2 fully saturated rings. The van der Waals surface area contributed by atoms with Crippen molar-refractivity contribution in [3.05, 3.63) is 51.3 Å². The molecule has 1 saturated heterocycles. The van der Waals surface area contributed by atoms with Crippen LogP contribution in [-0.2, 0) is 4.74 Å². The molecule has 1 unspecified atom stereocenters. The Morgan fingerprint density at radius 1 is 1.34 bits per heavy atom. The predicted octanol–water partition coefficient (Wildman–Crippen LogP) is 3.95. The third-order valence-corrected chi connectivity index (χ3v) is 5.55. The first kappa shape index (κ1) is 19.8. The van der Waals surface area contributed by atoms with Gasteiger partial charge in [-0.25, -0.2) is 13.6 Å². The van der Waals surface area contributed by atoms with Gasteiger partial charge in [0.2, 0.25) is 5.43 Å². The van der Waals surface area contributed by atoms with E-state index in [0.29, 0.717) is 18.0 Å². The summed E-state index contributed by atoms with van der Waals surface area (Å²) in [7, 11) is 0. The van der Waals surface area contributed by atoms with Gasteiger partial charge < -0.3 is 14.6 Å². The van der Waals surface area contributed by atoms with Gasteiger partial charge in [0.1, 0.15) is 5.56 Å². The van der Waals surface area contributed by atoms with E-state index in [4.69, 9.17) is 4.74 Å². The minimum Gasteiger partial charge on any atom is -0.462 e. The lowest BCUT2D eigenvalue weighted by Gasteiger charge is -2.16. The van der Waals surface area contributed by atoms with Crippen LogP contribution in [0.25, 0.3) is 17.0 Å². The second kappa shape index (κ2) is 8.06. The van der Waals surface area contributed by atoms with Gasteiger partial charge in [-0.15, -0.1) is 0 Å². The molecule has 1 aliphatic heterocycles. The predicted molar refractivity (Wildman–Crippen MR) is 107 cm³/mol. The Hall–Kier alpha value is -2.54. The summed E-state index contributed by atoms with van der Waals surface area (Å²) in [6.07, 6.45) is 9.38. The number of hydrogen-bond donors (Lipinski definition) is 1. The highest BCUT2D eigenvalue weighted by atomic mass is 19.2. The number of fused-ring (bicyclic) bond motifs is 1. The van der Waals surface area contributed by atoms with Crippen molar-refractivity contribution in [2.75, 3.05) is 13.2 Å². The highest BCUT2D eigenvalue weighted by Gasteiger charge is 2.29. The molecule has 1 aromatic carbocycles. The lowest BCUT2D eigenvalue weighted by molar-refractivity contribution is 0.0524. The molecule has 1 aromatic heterocycles. The number of carbonyl (C=O) groups excluding carboxylic acids is 1. The van der Waals surface area contributed by atoms with Crippen molar-refractivity contribution < 1.29 is 18.3 Å². The van der Waals surface area contributed by atoms with Crippen molar-refractivity contribution in [1.29, 1.82) is 0 Å². The summed E-state index contributed by atoms with van der Waals surface area (Å²) >= 11 is 0. The number of nitrogens with one attached hydrogen (secondary N) is 1. The Balaban J connectivity index is 1.87. The first-order valence-electron chi connectivity index (χ1n) is 10.1. The van der Waals surface area contributed by atoms with Crippen molar-refractivity contribution in [3.63, 3.8) is 0 Å². The second-order valence-corrected chi connectivity index (χ2v) is 7.64. The number of rotatable bonds is 6. The Morgan fingerprint density at radius 2 is 2.14 bits per heavy atom. The standard InChI is InChI=1S/C22H24F2N2O3/c1-2-29-22(28)17-12-26(14-8-9-14)20-15(7-3-5-13-6-4-10-25-13)19(24)18(23)11-16(20)21(17)27/h3,7,11-14,25H,2,4-6,8-10H2,1H3/b7-3-. The minimum atomic E-state index is -1.10. The van der Waals surface area contributed by atoms with Gasteiger partial charge in [-0.05, 0) is 51.6 Å². The monoisotopic (exact) mass is 402 g/mol. The number of halogens is 2.